The van der Waals surface area contributed by atoms with E-state index in [1.807, 2.05) is 0 Å². The van der Waals surface area contributed by atoms with Crippen LogP contribution >= 0.6 is 0 Å². The lowest BCUT2D eigenvalue weighted by Gasteiger charge is -2.25. The Hall–Kier alpha value is -2.31. The highest BCUT2D eigenvalue weighted by Crippen LogP contribution is 2.23. The van der Waals surface area contributed by atoms with Gasteiger partial charge in [-0.2, -0.15) is 0 Å². The summed E-state index contributed by atoms with van der Waals surface area (Å²) in [5.74, 6) is -0.286. The van der Waals surface area contributed by atoms with E-state index in [-0.39, 0.29) is 0 Å². The molecule has 0 aliphatic carbocycles. The number of nitrogens with zero attached hydrogens (tertiary/aromatic N) is 2. The van der Waals surface area contributed by atoms with E-state index in [9.17, 15) is 4.79 Å². The van der Waals surface area contributed by atoms with Gasteiger partial charge < -0.3 is 15.2 Å². The summed E-state index contributed by atoms with van der Waals surface area (Å²) in [4.78, 5) is 11.2. The second-order valence-electron chi connectivity index (χ2n) is 4.11. The predicted molar refractivity (Wildman–Crippen MR) is 64.4 cm³/mol. The molecule has 0 radical (unpaired) electrons. The Kier molecular flexibility index (Phi) is 3.05. The van der Waals surface area contributed by atoms with Crippen molar-refractivity contribution >= 4 is 11.7 Å². The zero-order valence-electron chi connectivity index (χ0n) is 10.0. The third-order valence-corrected chi connectivity index (χ3v) is 2.84. The van der Waals surface area contributed by atoms with Crippen molar-refractivity contribution in [2.75, 3.05) is 12.4 Å². The van der Waals surface area contributed by atoms with Gasteiger partial charge in [-0.1, -0.05) is 5.22 Å². The fourth-order valence-corrected chi connectivity index (χ4v) is 1.55. The minimum absolute atomic E-state index is 0.664. The maximum atomic E-state index is 11.2. The molecule has 0 amide bonds. The molecule has 0 saturated heterocycles. The molecule has 0 bridgehead atoms. The molecule has 0 saturated carbocycles. The zero-order chi connectivity index (χ0) is 13.2. The van der Waals surface area contributed by atoms with E-state index in [0.29, 0.717) is 0 Å². The Labute approximate surface area is 104 Å². The largest absolute Gasteiger partial charge is 0.497 e. The van der Waals surface area contributed by atoms with Crippen LogP contribution in [0.2, 0.25) is 0 Å². The van der Waals surface area contributed by atoms with Crippen LogP contribution in [-0.4, -0.2) is 29.9 Å². The Morgan fingerprint density at radius 3 is 2.72 bits per heavy atom. The molecule has 1 aromatic carbocycles. The summed E-state index contributed by atoms with van der Waals surface area (Å²) in [7, 11) is 1.58. The number of benzene rings is 1. The maximum Gasteiger partial charge on any atom is 0.335 e. The fourth-order valence-electron chi connectivity index (χ4n) is 1.55. The lowest BCUT2D eigenvalue weighted by Crippen LogP contribution is -2.54. The molecule has 2 atom stereocenters. The number of hydrogen-bond acceptors (Lipinski definition) is 6. The second kappa shape index (κ2) is 4.52. The first-order chi connectivity index (χ1) is 8.56. The van der Waals surface area contributed by atoms with E-state index in [2.05, 4.69) is 21.1 Å². The zero-order valence-corrected chi connectivity index (χ0v) is 10.0. The van der Waals surface area contributed by atoms with Crippen LogP contribution in [-0.2, 0) is 4.79 Å². The monoisotopic (exact) mass is 250 g/mol. The molecule has 0 fully saturated rings. The molecule has 0 spiro atoms. The number of hydrogen-bond donors (Lipinski definition) is 3. The Bertz CT molecular complexity index is 474. The van der Waals surface area contributed by atoms with Gasteiger partial charge >= 0.3 is 5.97 Å². The van der Waals surface area contributed by atoms with Crippen molar-refractivity contribution in [1.29, 1.82) is 0 Å². The number of aliphatic carboxylic acids is 1. The van der Waals surface area contributed by atoms with Gasteiger partial charge in [0.15, 0.2) is 11.7 Å². The quantitative estimate of drug-likeness (QED) is 0.747. The normalized spacial score (nSPS) is 25.6. The van der Waals surface area contributed by atoms with E-state index < -0.39 is 17.7 Å². The lowest BCUT2D eigenvalue weighted by molar-refractivity contribution is -0.144. The maximum absolute atomic E-state index is 11.2. The average Bonchev–Trinajstić information content (AvgIpc) is 2.73. The molecule has 18 heavy (non-hydrogen) atoms. The SMILES string of the molecule is COc1ccc(NC2N=NNC2(C)C(=O)O)cc1. The van der Waals surface area contributed by atoms with Crippen LogP contribution < -0.4 is 15.5 Å². The summed E-state index contributed by atoms with van der Waals surface area (Å²) in [6.45, 7) is 1.52. The highest BCUT2D eigenvalue weighted by molar-refractivity contribution is 5.80. The molecule has 1 aromatic rings. The molecular weight excluding hydrogens is 236 g/mol. The molecule has 7 heteroatoms. The second-order valence-corrected chi connectivity index (χ2v) is 4.11. The summed E-state index contributed by atoms with van der Waals surface area (Å²) >= 11 is 0. The third kappa shape index (κ3) is 2.06. The predicted octanol–water partition coefficient (Wildman–Crippen LogP) is 1.25. The average molecular weight is 250 g/mol. The Morgan fingerprint density at radius 2 is 2.17 bits per heavy atom. The molecule has 1 aliphatic heterocycles. The van der Waals surface area contributed by atoms with Crippen LogP contribution in [0.25, 0.3) is 0 Å². The minimum Gasteiger partial charge on any atom is -0.497 e. The van der Waals surface area contributed by atoms with Crippen LogP contribution in [0.15, 0.2) is 34.6 Å². The van der Waals surface area contributed by atoms with Crippen LogP contribution in [0, 0.1) is 0 Å². The van der Waals surface area contributed by atoms with Gasteiger partial charge in [-0.05, 0) is 31.2 Å². The van der Waals surface area contributed by atoms with E-state index in [4.69, 9.17) is 9.84 Å². The molecule has 2 unspecified atom stereocenters. The Balaban J connectivity index is 2.13. The standard InChI is InChI=1S/C11H14N4O3/c1-11(10(16)17)9(13-15-14-11)12-7-3-5-8(18-2)6-4-7/h3-6,9,12H,1-2H3,(H,13,14)(H,16,17). The van der Waals surface area contributed by atoms with Gasteiger partial charge in [-0.15, -0.1) is 5.11 Å². The Morgan fingerprint density at radius 1 is 1.50 bits per heavy atom. The molecule has 1 heterocycles. The summed E-state index contributed by atoms with van der Waals surface area (Å²) in [6.07, 6.45) is -0.664. The van der Waals surface area contributed by atoms with Crippen molar-refractivity contribution in [3.8, 4) is 5.75 Å². The third-order valence-electron chi connectivity index (χ3n) is 2.84. The summed E-state index contributed by atoms with van der Waals surface area (Å²) in [5, 5.41) is 19.6. The van der Waals surface area contributed by atoms with Gasteiger partial charge in [0.1, 0.15) is 5.75 Å². The summed E-state index contributed by atoms with van der Waals surface area (Å²) in [6, 6.07) is 7.13. The number of rotatable bonds is 4. The highest BCUT2D eigenvalue weighted by Gasteiger charge is 2.46. The van der Waals surface area contributed by atoms with E-state index >= 15 is 0 Å². The van der Waals surface area contributed by atoms with Crippen molar-refractivity contribution in [3.63, 3.8) is 0 Å². The first-order valence-corrected chi connectivity index (χ1v) is 5.37. The van der Waals surface area contributed by atoms with Crippen molar-refractivity contribution in [3.05, 3.63) is 24.3 Å². The van der Waals surface area contributed by atoms with Crippen LogP contribution in [0.5, 0.6) is 5.75 Å². The van der Waals surface area contributed by atoms with Crippen molar-refractivity contribution < 1.29 is 14.6 Å². The molecular formula is C11H14N4O3. The number of ether oxygens (including phenoxy) is 1. The first kappa shape index (κ1) is 12.2. The van der Waals surface area contributed by atoms with Gasteiger partial charge in [0, 0.05) is 5.69 Å². The number of methoxy groups -OCH3 is 1. The first-order valence-electron chi connectivity index (χ1n) is 5.37. The fraction of sp³-hybridized carbons (Fsp3) is 0.364. The van der Waals surface area contributed by atoms with Crippen molar-refractivity contribution in [1.82, 2.24) is 5.43 Å². The smallest absolute Gasteiger partial charge is 0.335 e. The van der Waals surface area contributed by atoms with Gasteiger partial charge in [-0.3, -0.25) is 5.43 Å². The van der Waals surface area contributed by atoms with Gasteiger partial charge in [-0.25, -0.2) is 4.79 Å². The van der Waals surface area contributed by atoms with Gasteiger partial charge in [0.2, 0.25) is 0 Å². The van der Waals surface area contributed by atoms with E-state index in [1.54, 1.807) is 31.4 Å². The molecule has 0 aromatic heterocycles. The topological polar surface area (TPSA) is 95.3 Å². The van der Waals surface area contributed by atoms with E-state index in [0.717, 1.165) is 11.4 Å². The van der Waals surface area contributed by atoms with Crippen LogP contribution in [0.3, 0.4) is 0 Å². The van der Waals surface area contributed by atoms with Gasteiger partial charge in [0.05, 0.1) is 7.11 Å². The van der Waals surface area contributed by atoms with Crippen molar-refractivity contribution in [2.45, 2.75) is 18.6 Å². The number of carboxylic acids is 1. The molecule has 1 aliphatic rings. The molecule has 2 rings (SSSR count). The van der Waals surface area contributed by atoms with Gasteiger partial charge in [0.25, 0.3) is 0 Å². The number of carboxylic acid groups (broad SMARTS) is 1. The minimum atomic E-state index is -1.25. The summed E-state index contributed by atoms with van der Waals surface area (Å²) < 4.78 is 5.04. The van der Waals surface area contributed by atoms with Crippen molar-refractivity contribution in [2.24, 2.45) is 10.3 Å². The molecule has 96 valence electrons. The molecule has 3 N–H and O–H groups in total. The van der Waals surface area contributed by atoms with E-state index in [1.165, 1.54) is 6.92 Å². The lowest BCUT2D eigenvalue weighted by atomic mass is 10.0. The molecule has 7 nitrogen and oxygen atoms in total. The number of anilines is 1. The van der Waals surface area contributed by atoms with Crippen LogP contribution in [0.1, 0.15) is 6.92 Å². The van der Waals surface area contributed by atoms with Crippen LogP contribution in [0.4, 0.5) is 5.69 Å². The summed E-state index contributed by atoms with van der Waals surface area (Å²) in [5.41, 5.74) is 1.99. The highest BCUT2D eigenvalue weighted by atomic mass is 16.5. The number of carbonyl (C=O) groups is 1. The number of nitrogens with one attached hydrogen (secondary N) is 2.